The second-order valence-corrected chi connectivity index (χ2v) is 16.6. The van der Waals surface area contributed by atoms with Crippen molar-refractivity contribution in [1.29, 1.82) is 0 Å². The van der Waals surface area contributed by atoms with Gasteiger partial charge in [-0.15, -0.1) is 0 Å². The summed E-state index contributed by atoms with van der Waals surface area (Å²) < 4.78 is 5.47. The van der Waals surface area contributed by atoms with Gasteiger partial charge < -0.3 is 4.74 Å². The molecule has 0 radical (unpaired) electrons. The average molecular weight is 703 g/mol. The van der Waals surface area contributed by atoms with Gasteiger partial charge in [0.25, 0.3) is 0 Å². The van der Waals surface area contributed by atoms with Gasteiger partial charge in [-0.3, -0.25) is 4.79 Å². The van der Waals surface area contributed by atoms with Crippen molar-refractivity contribution in [3.63, 3.8) is 0 Å². The van der Waals surface area contributed by atoms with Gasteiger partial charge in [0.1, 0.15) is 0 Å². The number of esters is 1. The van der Waals surface area contributed by atoms with Crippen molar-refractivity contribution >= 4 is 5.97 Å². The minimum Gasteiger partial charge on any atom is -0.466 e. The highest BCUT2D eigenvalue weighted by molar-refractivity contribution is 5.69. The molecule has 0 saturated carbocycles. The van der Waals surface area contributed by atoms with Crippen LogP contribution in [0, 0.1) is 5.92 Å². The Bertz CT molecular complexity index is 653. The molecule has 0 N–H and O–H groups in total. The summed E-state index contributed by atoms with van der Waals surface area (Å²) >= 11 is 0. The number of carbonyl (C=O) groups excluding carboxylic acids is 1. The lowest BCUT2D eigenvalue weighted by Crippen LogP contribution is -2.05. The first-order chi connectivity index (χ1) is 24.7. The standard InChI is InChI=1S/C48H94O2/c1-4-5-6-7-8-9-10-11-23-27-30-33-36-39-42-45-48(49)50-46-43-40-37-34-31-28-25-22-20-18-16-14-12-13-15-17-19-21-24-26-29-32-35-38-41-44-47(2)3/h11,23,47H,4-10,12-22,24-46H2,1-3H3/b23-11-. The fourth-order valence-corrected chi connectivity index (χ4v) is 7.32. The summed E-state index contributed by atoms with van der Waals surface area (Å²) in [6, 6.07) is 0. The molecule has 0 bridgehead atoms. The largest absolute Gasteiger partial charge is 0.466 e. The van der Waals surface area contributed by atoms with Gasteiger partial charge in [-0.2, -0.15) is 0 Å². The summed E-state index contributed by atoms with van der Waals surface area (Å²) in [6.45, 7) is 7.60. The van der Waals surface area contributed by atoms with E-state index < -0.39 is 0 Å². The smallest absolute Gasteiger partial charge is 0.305 e. The molecule has 0 heterocycles. The Morgan fingerprint density at radius 2 is 0.700 bits per heavy atom. The summed E-state index contributed by atoms with van der Waals surface area (Å²) in [6.07, 6.45) is 59.0. The van der Waals surface area contributed by atoms with E-state index in [1.165, 1.54) is 231 Å². The van der Waals surface area contributed by atoms with Crippen LogP contribution >= 0.6 is 0 Å². The third-order valence-corrected chi connectivity index (χ3v) is 10.8. The lowest BCUT2D eigenvalue weighted by Gasteiger charge is -2.06. The Labute approximate surface area is 316 Å². The molecular formula is C48H94O2. The van der Waals surface area contributed by atoms with Crippen molar-refractivity contribution in [2.45, 2.75) is 278 Å². The topological polar surface area (TPSA) is 26.3 Å². The van der Waals surface area contributed by atoms with Gasteiger partial charge in [0.05, 0.1) is 6.61 Å². The van der Waals surface area contributed by atoms with Gasteiger partial charge >= 0.3 is 5.97 Å². The van der Waals surface area contributed by atoms with Crippen LogP contribution < -0.4 is 0 Å². The van der Waals surface area contributed by atoms with Gasteiger partial charge in [0.2, 0.25) is 0 Å². The van der Waals surface area contributed by atoms with Crippen LogP contribution in [0.3, 0.4) is 0 Å². The first-order valence-corrected chi connectivity index (χ1v) is 23.5. The highest BCUT2D eigenvalue weighted by Gasteiger charge is 2.03. The zero-order chi connectivity index (χ0) is 36.3. The molecule has 0 aliphatic heterocycles. The van der Waals surface area contributed by atoms with Crippen molar-refractivity contribution in [2.24, 2.45) is 5.92 Å². The molecule has 0 saturated heterocycles. The van der Waals surface area contributed by atoms with E-state index in [2.05, 4.69) is 32.9 Å². The molecule has 0 atom stereocenters. The zero-order valence-corrected chi connectivity index (χ0v) is 35.0. The van der Waals surface area contributed by atoms with Crippen LogP contribution in [0.2, 0.25) is 0 Å². The highest BCUT2D eigenvalue weighted by Crippen LogP contribution is 2.17. The second-order valence-electron chi connectivity index (χ2n) is 16.6. The number of rotatable bonds is 43. The number of ether oxygens (including phenoxy) is 1. The molecule has 0 spiro atoms. The van der Waals surface area contributed by atoms with Crippen molar-refractivity contribution < 1.29 is 9.53 Å². The van der Waals surface area contributed by atoms with E-state index in [-0.39, 0.29) is 5.97 Å². The van der Waals surface area contributed by atoms with Crippen LogP contribution in [0.5, 0.6) is 0 Å². The van der Waals surface area contributed by atoms with Crippen molar-refractivity contribution in [3.8, 4) is 0 Å². The van der Waals surface area contributed by atoms with Gasteiger partial charge in [0, 0.05) is 6.42 Å². The first kappa shape index (κ1) is 49.2. The van der Waals surface area contributed by atoms with E-state index in [9.17, 15) is 4.79 Å². The molecule has 50 heavy (non-hydrogen) atoms. The molecule has 0 aliphatic carbocycles. The predicted octanol–water partition coefficient (Wildman–Crippen LogP) is 17.4. The summed E-state index contributed by atoms with van der Waals surface area (Å²) in [5.41, 5.74) is 0. The number of allylic oxidation sites excluding steroid dienone is 2. The van der Waals surface area contributed by atoms with Gasteiger partial charge in [-0.1, -0.05) is 245 Å². The second kappa shape index (κ2) is 44.4. The summed E-state index contributed by atoms with van der Waals surface area (Å²) in [5.74, 6) is 0.907. The summed E-state index contributed by atoms with van der Waals surface area (Å²) in [5, 5.41) is 0. The summed E-state index contributed by atoms with van der Waals surface area (Å²) in [4.78, 5) is 12.0. The van der Waals surface area contributed by atoms with Crippen LogP contribution in [0.15, 0.2) is 12.2 Å². The van der Waals surface area contributed by atoms with Crippen LogP contribution in [0.1, 0.15) is 278 Å². The van der Waals surface area contributed by atoms with Crippen LogP contribution in [-0.4, -0.2) is 12.6 Å². The Morgan fingerprint density at radius 3 is 1.06 bits per heavy atom. The number of hydrogen-bond acceptors (Lipinski definition) is 2. The van der Waals surface area contributed by atoms with Crippen molar-refractivity contribution in [3.05, 3.63) is 12.2 Å². The third-order valence-electron chi connectivity index (χ3n) is 10.8. The van der Waals surface area contributed by atoms with Crippen LogP contribution in [0.25, 0.3) is 0 Å². The van der Waals surface area contributed by atoms with Gasteiger partial charge in [0.15, 0.2) is 0 Å². The zero-order valence-electron chi connectivity index (χ0n) is 35.0. The maximum absolute atomic E-state index is 12.0. The molecular weight excluding hydrogens is 609 g/mol. The van der Waals surface area contributed by atoms with Crippen LogP contribution in [-0.2, 0) is 9.53 Å². The molecule has 0 aromatic heterocycles. The Kier molecular flexibility index (Phi) is 43.7. The fraction of sp³-hybridized carbons (Fsp3) is 0.938. The maximum Gasteiger partial charge on any atom is 0.305 e. The molecule has 0 fully saturated rings. The minimum atomic E-state index is 0.0206. The van der Waals surface area contributed by atoms with Gasteiger partial charge in [-0.05, 0) is 44.4 Å². The SMILES string of the molecule is CCCCCCCC/C=C\CCCCCCCC(=O)OCCCCCCCCCCCCCCCCCCCCCCCCCCCC(C)C. The van der Waals surface area contributed by atoms with E-state index in [1.54, 1.807) is 0 Å². The van der Waals surface area contributed by atoms with E-state index in [0.29, 0.717) is 13.0 Å². The number of unbranched alkanes of at least 4 members (excludes halogenated alkanes) is 35. The van der Waals surface area contributed by atoms with E-state index >= 15 is 0 Å². The van der Waals surface area contributed by atoms with Crippen molar-refractivity contribution in [2.75, 3.05) is 6.61 Å². The molecule has 0 rings (SSSR count). The highest BCUT2D eigenvalue weighted by atomic mass is 16.5. The molecule has 2 heteroatoms. The van der Waals surface area contributed by atoms with Crippen molar-refractivity contribution in [1.82, 2.24) is 0 Å². The molecule has 0 aliphatic rings. The predicted molar refractivity (Wildman–Crippen MR) is 225 cm³/mol. The lowest BCUT2D eigenvalue weighted by atomic mass is 10.0. The van der Waals surface area contributed by atoms with E-state index in [4.69, 9.17) is 4.74 Å². The first-order valence-electron chi connectivity index (χ1n) is 23.5. The third kappa shape index (κ3) is 45.2. The van der Waals surface area contributed by atoms with Crippen LogP contribution in [0.4, 0.5) is 0 Å². The van der Waals surface area contributed by atoms with E-state index in [0.717, 1.165) is 25.2 Å². The number of carbonyl (C=O) groups is 1. The van der Waals surface area contributed by atoms with E-state index in [1.807, 2.05) is 0 Å². The normalized spacial score (nSPS) is 11.8. The average Bonchev–Trinajstić information content (AvgIpc) is 3.11. The molecule has 0 aromatic rings. The summed E-state index contributed by atoms with van der Waals surface area (Å²) in [7, 11) is 0. The Balaban J connectivity index is 3.16. The fourth-order valence-electron chi connectivity index (χ4n) is 7.32. The minimum absolute atomic E-state index is 0.0206. The lowest BCUT2D eigenvalue weighted by molar-refractivity contribution is -0.143. The molecule has 0 amide bonds. The Morgan fingerprint density at radius 1 is 0.400 bits per heavy atom. The molecule has 0 unspecified atom stereocenters. The Hall–Kier alpha value is -0.790. The number of hydrogen-bond donors (Lipinski definition) is 0. The molecule has 2 nitrogen and oxygen atoms in total. The molecule has 0 aromatic carbocycles. The quantitative estimate of drug-likeness (QED) is 0.0359. The maximum atomic E-state index is 12.0. The molecule has 298 valence electrons. The monoisotopic (exact) mass is 703 g/mol. The van der Waals surface area contributed by atoms with Gasteiger partial charge in [-0.25, -0.2) is 0 Å².